The number of amides is 1. The van der Waals surface area contributed by atoms with E-state index in [1.807, 2.05) is 19.1 Å². The summed E-state index contributed by atoms with van der Waals surface area (Å²) in [4.78, 5) is 20.2. The van der Waals surface area contributed by atoms with Crippen molar-refractivity contribution in [2.45, 2.75) is 6.92 Å². The van der Waals surface area contributed by atoms with Crippen LogP contribution < -0.4 is 10.6 Å². The molecule has 2 aromatic rings. The Balaban J connectivity index is 2.10. The van der Waals surface area contributed by atoms with E-state index in [0.717, 1.165) is 16.7 Å². The smallest absolute Gasteiger partial charge is 0.275 e. The van der Waals surface area contributed by atoms with Gasteiger partial charge in [0, 0.05) is 12.7 Å². The summed E-state index contributed by atoms with van der Waals surface area (Å²) in [5, 5.41) is 5.82. The Morgan fingerprint density at radius 2 is 2.16 bits per heavy atom. The number of pyridine rings is 2. The number of anilines is 2. The molecule has 2 aromatic heterocycles. The highest BCUT2D eigenvalue weighted by Gasteiger charge is 2.10. The first kappa shape index (κ1) is 13.5. The summed E-state index contributed by atoms with van der Waals surface area (Å²) in [7, 11) is 0. The van der Waals surface area contributed by atoms with Gasteiger partial charge in [-0.2, -0.15) is 0 Å². The largest absolute Gasteiger partial charge is 0.384 e. The third kappa shape index (κ3) is 3.51. The Morgan fingerprint density at radius 1 is 1.32 bits per heavy atom. The number of hydrogen-bond acceptors (Lipinski definition) is 4. The van der Waals surface area contributed by atoms with Crippen LogP contribution in [0.15, 0.2) is 41.1 Å². The van der Waals surface area contributed by atoms with Gasteiger partial charge in [0.05, 0.1) is 16.4 Å². The molecule has 0 aliphatic heterocycles. The highest BCUT2D eigenvalue weighted by molar-refractivity contribution is 9.10. The fraction of sp³-hybridized carbons (Fsp3) is 0.154. The fourth-order valence-electron chi connectivity index (χ4n) is 1.49. The number of carbonyl (C=O) groups is 1. The molecule has 19 heavy (non-hydrogen) atoms. The molecule has 0 unspecified atom stereocenters. The maximum Gasteiger partial charge on any atom is 0.275 e. The van der Waals surface area contributed by atoms with Crippen LogP contribution in [0.1, 0.15) is 17.4 Å². The second-order valence-corrected chi connectivity index (χ2v) is 4.60. The SMILES string of the molecule is CCNc1ccc(C(=O)Nc2ncccc2Br)nc1. The molecule has 1 amide bonds. The summed E-state index contributed by atoms with van der Waals surface area (Å²) in [5.41, 5.74) is 1.23. The zero-order valence-electron chi connectivity index (χ0n) is 10.4. The fourth-order valence-corrected chi connectivity index (χ4v) is 1.84. The molecule has 0 aliphatic carbocycles. The molecule has 6 heteroatoms. The molecule has 98 valence electrons. The van der Waals surface area contributed by atoms with Gasteiger partial charge in [0.25, 0.3) is 5.91 Å². The minimum atomic E-state index is -0.289. The van der Waals surface area contributed by atoms with Crippen molar-refractivity contribution in [1.29, 1.82) is 0 Å². The quantitative estimate of drug-likeness (QED) is 0.909. The predicted octanol–water partition coefficient (Wildman–Crippen LogP) is 2.92. The van der Waals surface area contributed by atoms with E-state index in [-0.39, 0.29) is 5.91 Å². The molecule has 0 bridgehead atoms. The molecule has 0 fully saturated rings. The van der Waals surface area contributed by atoms with Gasteiger partial charge in [-0.1, -0.05) is 0 Å². The van der Waals surface area contributed by atoms with Crippen LogP contribution in [-0.4, -0.2) is 22.4 Å². The molecule has 2 N–H and O–H groups in total. The van der Waals surface area contributed by atoms with E-state index in [1.165, 1.54) is 0 Å². The molecule has 0 saturated carbocycles. The van der Waals surface area contributed by atoms with Crippen molar-refractivity contribution in [3.8, 4) is 0 Å². The summed E-state index contributed by atoms with van der Waals surface area (Å²) in [6.07, 6.45) is 3.24. The van der Waals surface area contributed by atoms with Crippen LogP contribution in [0.4, 0.5) is 11.5 Å². The van der Waals surface area contributed by atoms with Crippen molar-refractivity contribution in [2.24, 2.45) is 0 Å². The first-order chi connectivity index (χ1) is 9.20. The molecule has 0 atom stereocenters. The van der Waals surface area contributed by atoms with Crippen LogP contribution in [0.3, 0.4) is 0 Å². The van der Waals surface area contributed by atoms with Gasteiger partial charge in [0.2, 0.25) is 0 Å². The van der Waals surface area contributed by atoms with Crippen molar-refractivity contribution < 1.29 is 4.79 Å². The number of nitrogens with zero attached hydrogens (tertiary/aromatic N) is 2. The van der Waals surface area contributed by atoms with Crippen LogP contribution in [0.5, 0.6) is 0 Å². The first-order valence-corrected chi connectivity index (χ1v) is 6.62. The lowest BCUT2D eigenvalue weighted by molar-refractivity contribution is 0.102. The molecule has 5 nitrogen and oxygen atoms in total. The Labute approximate surface area is 119 Å². The lowest BCUT2D eigenvalue weighted by Crippen LogP contribution is -2.15. The van der Waals surface area contributed by atoms with Crippen molar-refractivity contribution in [2.75, 3.05) is 17.2 Å². The van der Waals surface area contributed by atoms with E-state index in [0.29, 0.717) is 11.5 Å². The van der Waals surface area contributed by atoms with Gasteiger partial charge in [-0.05, 0) is 47.1 Å². The Hall–Kier alpha value is -1.95. The highest BCUT2D eigenvalue weighted by Crippen LogP contribution is 2.18. The number of hydrogen-bond donors (Lipinski definition) is 2. The predicted molar refractivity (Wildman–Crippen MR) is 78.3 cm³/mol. The van der Waals surface area contributed by atoms with E-state index in [2.05, 4.69) is 36.5 Å². The van der Waals surface area contributed by atoms with Crippen molar-refractivity contribution in [3.63, 3.8) is 0 Å². The lowest BCUT2D eigenvalue weighted by atomic mass is 10.3. The van der Waals surface area contributed by atoms with E-state index < -0.39 is 0 Å². The van der Waals surface area contributed by atoms with Crippen molar-refractivity contribution in [1.82, 2.24) is 9.97 Å². The summed E-state index contributed by atoms with van der Waals surface area (Å²) in [5.74, 6) is 0.188. The topological polar surface area (TPSA) is 66.9 Å². The van der Waals surface area contributed by atoms with Crippen molar-refractivity contribution in [3.05, 3.63) is 46.8 Å². The van der Waals surface area contributed by atoms with Gasteiger partial charge >= 0.3 is 0 Å². The molecule has 2 heterocycles. The average molecular weight is 321 g/mol. The Morgan fingerprint density at radius 3 is 2.79 bits per heavy atom. The number of halogens is 1. The summed E-state index contributed by atoms with van der Waals surface area (Å²) in [6, 6.07) is 7.08. The molecule has 2 rings (SSSR count). The van der Waals surface area contributed by atoms with Gasteiger partial charge in [0.15, 0.2) is 0 Å². The highest BCUT2D eigenvalue weighted by atomic mass is 79.9. The van der Waals surface area contributed by atoms with Crippen LogP contribution in [-0.2, 0) is 0 Å². The molecule has 0 spiro atoms. The van der Waals surface area contributed by atoms with Gasteiger partial charge in [-0.25, -0.2) is 9.97 Å². The van der Waals surface area contributed by atoms with Gasteiger partial charge < -0.3 is 10.6 Å². The van der Waals surface area contributed by atoms with Crippen LogP contribution in [0, 0.1) is 0 Å². The summed E-state index contributed by atoms with van der Waals surface area (Å²) < 4.78 is 0.729. The number of aromatic nitrogens is 2. The van der Waals surface area contributed by atoms with Crippen LogP contribution in [0.2, 0.25) is 0 Å². The second-order valence-electron chi connectivity index (χ2n) is 3.75. The zero-order chi connectivity index (χ0) is 13.7. The summed E-state index contributed by atoms with van der Waals surface area (Å²) in [6.45, 7) is 2.81. The lowest BCUT2D eigenvalue weighted by Gasteiger charge is -2.06. The molecular formula is C13H13BrN4O. The second kappa shape index (κ2) is 6.29. The molecule has 0 aliphatic rings. The normalized spacial score (nSPS) is 10.0. The maximum atomic E-state index is 12.0. The standard InChI is InChI=1S/C13H13BrN4O/c1-2-15-9-5-6-11(17-8-9)13(19)18-12-10(14)4-3-7-16-12/h3-8,15H,2H2,1H3,(H,16,18,19). The number of nitrogens with one attached hydrogen (secondary N) is 2. The molecule has 0 saturated heterocycles. The Bertz CT molecular complexity index is 571. The third-order valence-electron chi connectivity index (χ3n) is 2.37. The first-order valence-electron chi connectivity index (χ1n) is 5.82. The van der Waals surface area contributed by atoms with E-state index in [1.54, 1.807) is 24.5 Å². The number of carbonyl (C=O) groups excluding carboxylic acids is 1. The van der Waals surface area contributed by atoms with Gasteiger partial charge in [-0.3, -0.25) is 4.79 Å². The number of rotatable bonds is 4. The monoisotopic (exact) mass is 320 g/mol. The molecular weight excluding hydrogens is 308 g/mol. The Kier molecular flexibility index (Phi) is 4.46. The van der Waals surface area contributed by atoms with E-state index in [4.69, 9.17) is 0 Å². The minimum absolute atomic E-state index is 0.289. The zero-order valence-corrected chi connectivity index (χ0v) is 11.9. The third-order valence-corrected chi connectivity index (χ3v) is 3.01. The van der Waals surface area contributed by atoms with Crippen LogP contribution >= 0.6 is 15.9 Å². The maximum absolute atomic E-state index is 12.0. The van der Waals surface area contributed by atoms with Gasteiger partial charge in [0.1, 0.15) is 11.5 Å². The molecule has 0 aromatic carbocycles. The van der Waals surface area contributed by atoms with Crippen molar-refractivity contribution >= 4 is 33.3 Å². The summed E-state index contributed by atoms with van der Waals surface area (Å²) >= 11 is 3.32. The molecule has 0 radical (unpaired) electrons. The van der Waals surface area contributed by atoms with Crippen LogP contribution in [0.25, 0.3) is 0 Å². The average Bonchev–Trinajstić information content (AvgIpc) is 2.42. The van der Waals surface area contributed by atoms with Gasteiger partial charge in [-0.15, -0.1) is 0 Å². The van der Waals surface area contributed by atoms with E-state index in [9.17, 15) is 4.79 Å². The minimum Gasteiger partial charge on any atom is -0.384 e. The van der Waals surface area contributed by atoms with E-state index >= 15 is 0 Å².